The Bertz CT molecular complexity index is 1310. The number of anilines is 3. The summed E-state index contributed by atoms with van der Waals surface area (Å²) in [5.41, 5.74) is 12.3. The SMILES string of the molecule is CCCCNN(CCCNc1nc(NCc2ccccc2)nc(NCc2cccc3ccccc23)n1)C(N)CCC. The van der Waals surface area contributed by atoms with Crippen LogP contribution in [0.5, 0.6) is 0 Å². The number of hydrazine groups is 1. The molecule has 0 radical (unpaired) electrons. The maximum Gasteiger partial charge on any atom is 0.229 e. The Morgan fingerprint density at radius 2 is 1.39 bits per heavy atom. The van der Waals surface area contributed by atoms with Gasteiger partial charge in [0.25, 0.3) is 0 Å². The summed E-state index contributed by atoms with van der Waals surface area (Å²) in [6, 6.07) is 25.0. The number of fused-ring (bicyclic) bond motifs is 1. The number of nitrogens with zero attached hydrogens (tertiary/aromatic N) is 4. The van der Waals surface area contributed by atoms with Crippen molar-refractivity contribution in [1.82, 2.24) is 25.4 Å². The van der Waals surface area contributed by atoms with E-state index in [1.807, 2.05) is 18.2 Å². The monoisotopic (exact) mass is 555 g/mol. The van der Waals surface area contributed by atoms with Crippen LogP contribution in [0.3, 0.4) is 0 Å². The van der Waals surface area contributed by atoms with Crippen molar-refractivity contribution in [2.24, 2.45) is 5.73 Å². The number of nitrogens with one attached hydrogen (secondary N) is 4. The second-order valence-electron chi connectivity index (χ2n) is 10.2. The third-order valence-corrected chi connectivity index (χ3v) is 6.93. The van der Waals surface area contributed by atoms with E-state index in [1.54, 1.807) is 0 Å². The number of rotatable bonds is 18. The van der Waals surface area contributed by atoms with Crippen molar-refractivity contribution in [3.8, 4) is 0 Å². The van der Waals surface area contributed by atoms with E-state index in [2.05, 4.69) is 110 Å². The highest BCUT2D eigenvalue weighted by Gasteiger charge is 2.13. The Labute approximate surface area is 244 Å². The summed E-state index contributed by atoms with van der Waals surface area (Å²) in [5, 5.41) is 14.8. The van der Waals surface area contributed by atoms with Gasteiger partial charge in [0.15, 0.2) is 0 Å². The summed E-state index contributed by atoms with van der Waals surface area (Å²) < 4.78 is 0. The minimum absolute atomic E-state index is 0.00712. The predicted octanol–water partition coefficient (Wildman–Crippen LogP) is 5.74. The Morgan fingerprint density at radius 1 is 0.707 bits per heavy atom. The van der Waals surface area contributed by atoms with Crippen LogP contribution in [0.25, 0.3) is 10.8 Å². The van der Waals surface area contributed by atoms with Gasteiger partial charge in [0.2, 0.25) is 17.8 Å². The van der Waals surface area contributed by atoms with Gasteiger partial charge in [0.05, 0.1) is 6.17 Å². The molecule has 41 heavy (non-hydrogen) atoms. The van der Waals surface area contributed by atoms with E-state index in [-0.39, 0.29) is 6.17 Å². The summed E-state index contributed by atoms with van der Waals surface area (Å²) in [6.07, 6.45) is 5.21. The van der Waals surface area contributed by atoms with E-state index < -0.39 is 0 Å². The zero-order chi connectivity index (χ0) is 28.7. The molecule has 0 aliphatic heterocycles. The van der Waals surface area contributed by atoms with Crippen LogP contribution in [0, 0.1) is 0 Å². The zero-order valence-corrected chi connectivity index (χ0v) is 24.4. The highest BCUT2D eigenvalue weighted by molar-refractivity contribution is 5.85. The molecular formula is C32H45N9. The predicted molar refractivity (Wildman–Crippen MR) is 170 cm³/mol. The molecular weight excluding hydrogens is 510 g/mol. The first-order valence-electron chi connectivity index (χ1n) is 14.9. The Hall–Kier alpha value is -3.79. The van der Waals surface area contributed by atoms with E-state index in [0.29, 0.717) is 30.9 Å². The molecule has 0 aliphatic rings. The molecule has 4 rings (SSSR count). The lowest BCUT2D eigenvalue weighted by atomic mass is 10.0. The minimum atomic E-state index is 0.00712. The number of aromatic nitrogens is 3. The van der Waals surface area contributed by atoms with E-state index in [4.69, 9.17) is 5.73 Å². The first-order valence-corrected chi connectivity index (χ1v) is 14.9. The summed E-state index contributed by atoms with van der Waals surface area (Å²) in [5.74, 6) is 1.60. The molecule has 0 saturated carbocycles. The highest BCUT2D eigenvalue weighted by Crippen LogP contribution is 2.20. The number of hydrogen-bond donors (Lipinski definition) is 5. The first kappa shape index (κ1) is 30.2. The largest absolute Gasteiger partial charge is 0.354 e. The molecule has 0 saturated heterocycles. The summed E-state index contributed by atoms with van der Waals surface area (Å²) >= 11 is 0. The van der Waals surface area contributed by atoms with Gasteiger partial charge >= 0.3 is 0 Å². The van der Waals surface area contributed by atoms with E-state index in [1.165, 1.54) is 16.3 Å². The van der Waals surface area contributed by atoms with Gasteiger partial charge in [-0.1, -0.05) is 99.5 Å². The van der Waals surface area contributed by atoms with Crippen molar-refractivity contribution < 1.29 is 0 Å². The first-order chi connectivity index (χ1) is 20.2. The van der Waals surface area contributed by atoms with E-state index >= 15 is 0 Å². The van der Waals surface area contributed by atoms with Gasteiger partial charge in [-0.05, 0) is 41.2 Å². The molecule has 0 bridgehead atoms. The average molecular weight is 556 g/mol. The zero-order valence-electron chi connectivity index (χ0n) is 24.4. The molecule has 1 heterocycles. The van der Waals surface area contributed by atoms with Gasteiger partial charge < -0.3 is 21.7 Å². The second-order valence-corrected chi connectivity index (χ2v) is 10.2. The third kappa shape index (κ3) is 9.67. The van der Waals surface area contributed by atoms with Crippen LogP contribution < -0.4 is 27.1 Å². The maximum atomic E-state index is 6.43. The van der Waals surface area contributed by atoms with E-state index in [0.717, 1.165) is 57.3 Å². The Kier molecular flexibility index (Phi) is 12.1. The van der Waals surface area contributed by atoms with E-state index in [9.17, 15) is 0 Å². The van der Waals surface area contributed by atoms with Crippen molar-refractivity contribution in [3.05, 3.63) is 83.9 Å². The third-order valence-electron chi connectivity index (χ3n) is 6.93. The smallest absolute Gasteiger partial charge is 0.229 e. The number of nitrogens with two attached hydrogens (primary N) is 1. The molecule has 0 aliphatic carbocycles. The van der Waals surface area contributed by atoms with Crippen LogP contribution in [-0.4, -0.2) is 45.8 Å². The number of benzene rings is 3. The Morgan fingerprint density at radius 3 is 2.15 bits per heavy atom. The second kappa shape index (κ2) is 16.5. The normalized spacial score (nSPS) is 12.0. The molecule has 0 spiro atoms. The summed E-state index contributed by atoms with van der Waals surface area (Å²) in [4.78, 5) is 14.0. The lowest BCUT2D eigenvalue weighted by Crippen LogP contribution is -2.51. The molecule has 1 unspecified atom stereocenters. The summed E-state index contributed by atoms with van der Waals surface area (Å²) in [6.45, 7) is 8.10. The van der Waals surface area contributed by atoms with Gasteiger partial charge in [0, 0.05) is 32.7 Å². The van der Waals surface area contributed by atoms with Crippen LogP contribution in [0.4, 0.5) is 17.8 Å². The molecule has 218 valence electrons. The molecule has 4 aromatic rings. The lowest BCUT2D eigenvalue weighted by molar-refractivity contribution is 0.118. The van der Waals surface area contributed by atoms with Crippen molar-refractivity contribution in [2.45, 2.75) is 65.2 Å². The standard InChI is InChI=1S/C32H45N9/c1-3-5-21-37-41(29(33)13-4-2)22-12-20-34-30-38-31(35-23-25-14-7-6-8-15-25)40-32(39-30)36-24-27-18-11-17-26-16-9-10-19-28(26)27/h6-11,14-19,29,37H,3-5,12-13,20-24,33H2,1-2H3,(H3,34,35,36,38,39,40). The molecule has 1 atom stereocenters. The maximum absolute atomic E-state index is 6.43. The van der Waals surface area contributed by atoms with Gasteiger partial charge in [-0.2, -0.15) is 15.0 Å². The topological polar surface area (TPSA) is 116 Å². The molecule has 0 amide bonds. The van der Waals surface area contributed by atoms with Crippen molar-refractivity contribution >= 4 is 28.6 Å². The van der Waals surface area contributed by atoms with Gasteiger partial charge in [-0.3, -0.25) is 5.43 Å². The minimum Gasteiger partial charge on any atom is -0.354 e. The number of unbranched alkanes of at least 4 members (excludes halogenated alkanes) is 1. The molecule has 6 N–H and O–H groups in total. The Balaban J connectivity index is 1.41. The molecule has 9 nitrogen and oxygen atoms in total. The molecule has 0 fully saturated rings. The van der Waals surface area contributed by atoms with Crippen molar-refractivity contribution in [2.75, 3.05) is 35.6 Å². The van der Waals surface area contributed by atoms with Gasteiger partial charge in [0.1, 0.15) is 0 Å². The fraction of sp³-hybridized carbons (Fsp3) is 0.406. The van der Waals surface area contributed by atoms with Gasteiger partial charge in [-0.15, -0.1) is 0 Å². The quantitative estimate of drug-likeness (QED) is 0.0595. The average Bonchev–Trinajstić information content (AvgIpc) is 3.01. The van der Waals surface area contributed by atoms with Crippen LogP contribution >= 0.6 is 0 Å². The van der Waals surface area contributed by atoms with Crippen LogP contribution in [0.2, 0.25) is 0 Å². The van der Waals surface area contributed by atoms with Crippen LogP contribution in [0.15, 0.2) is 72.8 Å². The molecule has 1 aromatic heterocycles. The molecule has 3 aromatic carbocycles. The van der Waals surface area contributed by atoms with Crippen LogP contribution in [0.1, 0.15) is 57.1 Å². The fourth-order valence-corrected chi connectivity index (χ4v) is 4.67. The lowest BCUT2D eigenvalue weighted by Gasteiger charge is -2.29. The van der Waals surface area contributed by atoms with Crippen LogP contribution in [-0.2, 0) is 13.1 Å². The molecule has 9 heteroatoms. The van der Waals surface area contributed by atoms with Crippen molar-refractivity contribution in [1.29, 1.82) is 0 Å². The number of hydrogen-bond acceptors (Lipinski definition) is 9. The van der Waals surface area contributed by atoms with Crippen molar-refractivity contribution in [3.63, 3.8) is 0 Å². The fourth-order valence-electron chi connectivity index (χ4n) is 4.67. The highest BCUT2D eigenvalue weighted by atomic mass is 15.5. The summed E-state index contributed by atoms with van der Waals surface area (Å²) in [7, 11) is 0. The van der Waals surface area contributed by atoms with Gasteiger partial charge in [-0.25, -0.2) is 5.01 Å².